The molecule has 0 saturated carbocycles. The zero-order valence-corrected chi connectivity index (χ0v) is 22.3. The molecule has 0 aromatic heterocycles. The molecule has 2 amide bonds. The van der Waals surface area contributed by atoms with Gasteiger partial charge in [-0.3, -0.25) is 19.2 Å². The first-order chi connectivity index (χ1) is 16.4. The van der Waals surface area contributed by atoms with E-state index < -0.39 is 35.5 Å². The molecule has 2 N–H and O–H groups in total. The molecule has 8 nitrogen and oxygen atoms in total. The van der Waals surface area contributed by atoms with Gasteiger partial charge >= 0.3 is 5.97 Å². The zero-order chi connectivity index (χ0) is 26.2. The lowest BCUT2D eigenvalue weighted by Crippen LogP contribution is -2.55. The first-order valence-electron chi connectivity index (χ1n) is 11.4. The molecular formula is C26H33BrN2O6. The molecule has 2 atom stereocenters. The molecule has 0 aliphatic carbocycles. The second kappa shape index (κ2) is 12.7. The number of fused-ring (bicyclic) bond motifs is 1. The van der Waals surface area contributed by atoms with Gasteiger partial charge in [0.15, 0.2) is 12.4 Å². The van der Waals surface area contributed by atoms with Crippen LogP contribution in [0.15, 0.2) is 42.5 Å². The number of carbonyl (C=O) groups is 4. The summed E-state index contributed by atoms with van der Waals surface area (Å²) in [6.07, 6.45) is -0.309. The fourth-order valence-electron chi connectivity index (χ4n) is 3.36. The summed E-state index contributed by atoms with van der Waals surface area (Å²) in [7, 11) is 0. The van der Waals surface area contributed by atoms with Crippen molar-refractivity contribution in [3.05, 3.63) is 42.5 Å². The first-order valence-corrected chi connectivity index (χ1v) is 12.5. The van der Waals surface area contributed by atoms with E-state index in [-0.39, 0.29) is 30.1 Å². The van der Waals surface area contributed by atoms with E-state index in [2.05, 4.69) is 26.6 Å². The van der Waals surface area contributed by atoms with Gasteiger partial charge in [-0.25, -0.2) is 0 Å². The van der Waals surface area contributed by atoms with Gasteiger partial charge in [0, 0.05) is 5.39 Å². The van der Waals surface area contributed by atoms with Crippen molar-refractivity contribution in [1.29, 1.82) is 0 Å². The lowest BCUT2D eigenvalue weighted by molar-refractivity contribution is -0.156. The molecule has 35 heavy (non-hydrogen) atoms. The van der Waals surface area contributed by atoms with Gasteiger partial charge in [-0.05, 0) is 38.1 Å². The van der Waals surface area contributed by atoms with Gasteiger partial charge in [0.05, 0.1) is 17.8 Å². The number of ether oxygens (including phenoxy) is 2. The molecule has 0 fully saturated rings. The highest BCUT2D eigenvalue weighted by Crippen LogP contribution is 2.25. The molecule has 0 bridgehead atoms. The summed E-state index contributed by atoms with van der Waals surface area (Å²) in [5, 5.41) is 7.08. The van der Waals surface area contributed by atoms with Gasteiger partial charge in [0.25, 0.3) is 5.91 Å². The fraction of sp³-hybridized carbons (Fsp3) is 0.462. The number of nitrogens with one attached hydrogen (secondary N) is 2. The lowest BCUT2D eigenvalue weighted by Gasteiger charge is -2.26. The van der Waals surface area contributed by atoms with Crippen LogP contribution in [0.4, 0.5) is 0 Å². The van der Waals surface area contributed by atoms with Crippen molar-refractivity contribution in [2.45, 2.75) is 58.7 Å². The van der Waals surface area contributed by atoms with Crippen LogP contribution in [0.5, 0.6) is 5.75 Å². The van der Waals surface area contributed by atoms with Crippen molar-refractivity contribution < 1.29 is 28.7 Å². The molecule has 190 valence electrons. The number of carbonyl (C=O) groups excluding carboxylic acids is 4. The molecule has 2 rings (SSSR count). The van der Waals surface area contributed by atoms with Crippen LogP contribution in [0.2, 0.25) is 0 Å². The minimum atomic E-state index is -1.08. The number of amides is 2. The Labute approximate surface area is 214 Å². The Morgan fingerprint density at radius 1 is 0.971 bits per heavy atom. The molecule has 0 unspecified atom stereocenters. The first kappa shape index (κ1) is 28.3. The van der Waals surface area contributed by atoms with Crippen LogP contribution in [0.1, 0.15) is 41.0 Å². The Hall–Kier alpha value is -2.94. The average Bonchev–Trinajstić information content (AvgIpc) is 2.78. The number of hydrogen-bond acceptors (Lipinski definition) is 6. The summed E-state index contributed by atoms with van der Waals surface area (Å²) in [5.74, 6) is -1.76. The van der Waals surface area contributed by atoms with Crippen LogP contribution in [0.3, 0.4) is 0 Å². The normalized spacial score (nSPS) is 13.1. The van der Waals surface area contributed by atoms with Gasteiger partial charge in [0.1, 0.15) is 17.4 Å². The van der Waals surface area contributed by atoms with Gasteiger partial charge in [0.2, 0.25) is 5.91 Å². The van der Waals surface area contributed by atoms with Crippen LogP contribution in [-0.2, 0) is 23.9 Å². The highest BCUT2D eigenvalue weighted by molar-refractivity contribution is 9.09. The Kier molecular flexibility index (Phi) is 10.2. The largest absolute Gasteiger partial charge is 0.483 e. The lowest BCUT2D eigenvalue weighted by atomic mass is 10.0. The van der Waals surface area contributed by atoms with Crippen molar-refractivity contribution in [3.8, 4) is 5.75 Å². The summed E-state index contributed by atoms with van der Waals surface area (Å²) in [6.45, 7) is 8.41. The molecule has 0 saturated heterocycles. The van der Waals surface area contributed by atoms with E-state index >= 15 is 0 Å². The highest BCUT2D eigenvalue weighted by Gasteiger charge is 2.31. The number of hydrogen-bond donors (Lipinski definition) is 2. The number of ketones is 1. The summed E-state index contributed by atoms with van der Waals surface area (Å²) < 4.78 is 11.0. The van der Waals surface area contributed by atoms with E-state index in [1.807, 2.05) is 36.4 Å². The average molecular weight is 549 g/mol. The Morgan fingerprint density at radius 3 is 2.26 bits per heavy atom. The van der Waals surface area contributed by atoms with Crippen LogP contribution in [0, 0.1) is 5.92 Å². The molecule has 0 aliphatic rings. The number of rotatable bonds is 11. The molecule has 2 aromatic rings. The van der Waals surface area contributed by atoms with Crippen molar-refractivity contribution in [2.24, 2.45) is 5.92 Å². The Morgan fingerprint density at radius 2 is 1.63 bits per heavy atom. The van der Waals surface area contributed by atoms with Gasteiger partial charge in [-0.15, -0.1) is 0 Å². The summed E-state index contributed by atoms with van der Waals surface area (Å²) in [5.41, 5.74) is -0.721. The topological polar surface area (TPSA) is 111 Å². The van der Waals surface area contributed by atoms with E-state index in [1.54, 1.807) is 40.7 Å². The van der Waals surface area contributed by atoms with E-state index in [0.29, 0.717) is 5.75 Å². The zero-order valence-electron chi connectivity index (χ0n) is 20.7. The maximum atomic E-state index is 13.0. The predicted molar refractivity (Wildman–Crippen MR) is 137 cm³/mol. The Balaban J connectivity index is 2.03. The number of halogens is 1. The third-order valence-electron chi connectivity index (χ3n) is 5.00. The predicted octanol–water partition coefficient (Wildman–Crippen LogP) is 3.54. The fourth-order valence-corrected chi connectivity index (χ4v) is 3.76. The third-order valence-corrected chi connectivity index (χ3v) is 5.55. The van der Waals surface area contributed by atoms with Crippen LogP contribution >= 0.6 is 15.9 Å². The minimum Gasteiger partial charge on any atom is -0.483 e. The number of Topliss-reactive ketones (excluding diaryl/α,β-unsaturated/α-hetero) is 1. The third kappa shape index (κ3) is 8.98. The van der Waals surface area contributed by atoms with Crippen molar-refractivity contribution >= 4 is 50.3 Å². The molecule has 0 spiro atoms. The molecular weight excluding hydrogens is 516 g/mol. The maximum absolute atomic E-state index is 13.0. The second-order valence-electron chi connectivity index (χ2n) is 9.51. The van der Waals surface area contributed by atoms with E-state index in [1.165, 1.54) is 0 Å². The van der Waals surface area contributed by atoms with Crippen molar-refractivity contribution in [1.82, 2.24) is 10.6 Å². The van der Waals surface area contributed by atoms with Gasteiger partial charge < -0.3 is 20.1 Å². The molecule has 0 heterocycles. The monoisotopic (exact) mass is 548 g/mol. The standard InChI is InChI=1S/C26H33BrN2O6/c1-16(2)24(25(33)28-19(20(30)14-27)13-23(32)35-26(3,4)5)29-22(31)15-34-21-12-8-10-17-9-6-7-11-18(17)21/h6-12,16,19,24H,13-15H2,1-5H3,(H,28,33)(H,29,31)/t19-,24-/m0/s1. The van der Waals surface area contributed by atoms with Crippen LogP contribution in [0.25, 0.3) is 10.8 Å². The van der Waals surface area contributed by atoms with Crippen LogP contribution < -0.4 is 15.4 Å². The highest BCUT2D eigenvalue weighted by atomic mass is 79.9. The quantitative estimate of drug-likeness (QED) is 0.328. The van der Waals surface area contributed by atoms with E-state index in [4.69, 9.17) is 9.47 Å². The molecule has 0 aliphatic heterocycles. The van der Waals surface area contributed by atoms with Crippen LogP contribution in [-0.4, -0.2) is 53.2 Å². The summed E-state index contributed by atoms with van der Waals surface area (Å²) in [6, 6.07) is 11.2. The minimum absolute atomic E-state index is 0.0433. The van der Waals surface area contributed by atoms with E-state index in [0.717, 1.165) is 10.8 Å². The summed E-state index contributed by atoms with van der Waals surface area (Å²) >= 11 is 3.08. The number of alkyl halides is 1. The number of esters is 1. The summed E-state index contributed by atoms with van der Waals surface area (Å²) in [4.78, 5) is 50.2. The molecule has 0 radical (unpaired) electrons. The second-order valence-corrected chi connectivity index (χ2v) is 10.1. The number of benzene rings is 2. The van der Waals surface area contributed by atoms with Crippen molar-refractivity contribution in [3.63, 3.8) is 0 Å². The van der Waals surface area contributed by atoms with Crippen molar-refractivity contribution in [2.75, 3.05) is 11.9 Å². The van der Waals surface area contributed by atoms with Gasteiger partial charge in [-0.1, -0.05) is 66.2 Å². The SMILES string of the molecule is CC(C)[C@H](NC(=O)COc1cccc2ccccc12)C(=O)N[C@@H](CC(=O)OC(C)(C)C)C(=O)CBr. The maximum Gasteiger partial charge on any atom is 0.308 e. The Bertz CT molecular complexity index is 1060. The molecule has 9 heteroatoms. The van der Waals surface area contributed by atoms with Gasteiger partial charge in [-0.2, -0.15) is 0 Å². The smallest absolute Gasteiger partial charge is 0.308 e. The molecule has 2 aromatic carbocycles. The van der Waals surface area contributed by atoms with E-state index in [9.17, 15) is 19.2 Å².